The fourth-order valence-corrected chi connectivity index (χ4v) is 3.12. The van der Waals surface area contributed by atoms with E-state index in [4.69, 9.17) is 0 Å². The first kappa shape index (κ1) is 18.8. The molecule has 1 aromatic carbocycles. The van der Waals surface area contributed by atoms with Gasteiger partial charge < -0.3 is 15.1 Å². The lowest BCUT2D eigenvalue weighted by Crippen LogP contribution is -2.49. The molecule has 0 saturated carbocycles. The van der Waals surface area contributed by atoms with Gasteiger partial charge in [-0.05, 0) is 32.9 Å². The van der Waals surface area contributed by atoms with Crippen LogP contribution in [0.4, 0.5) is 11.8 Å². The number of carbonyl (C=O) groups is 2. The van der Waals surface area contributed by atoms with E-state index in [9.17, 15) is 9.59 Å². The summed E-state index contributed by atoms with van der Waals surface area (Å²) in [4.78, 5) is 37.1. The first-order valence-electron chi connectivity index (χ1n) is 9.22. The van der Waals surface area contributed by atoms with Crippen molar-refractivity contribution < 1.29 is 9.59 Å². The van der Waals surface area contributed by atoms with Crippen LogP contribution in [-0.4, -0.2) is 59.3 Å². The number of hydrogen-bond donors (Lipinski definition) is 1. The second kappa shape index (κ2) is 8.16. The molecule has 0 unspecified atom stereocenters. The smallest absolute Gasteiger partial charge is 0.253 e. The van der Waals surface area contributed by atoms with Gasteiger partial charge in [0.2, 0.25) is 5.95 Å². The SMILES string of the molecule is CCNc1nc(C)cc(N2CCN(C(=O)c3ccc(C(C)=O)cc3)CC2)n1. The van der Waals surface area contributed by atoms with Gasteiger partial charge in [-0.15, -0.1) is 0 Å². The van der Waals surface area contributed by atoms with Crippen molar-refractivity contribution in [2.45, 2.75) is 20.8 Å². The topological polar surface area (TPSA) is 78.4 Å². The predicted octanol–water partition coefficient (Wildman–Crippen LogP) is 2.38. The lowest BCUT2D eigenvalue weighted by atomic mass is 10.1. The molecule has 2 aromatic rings. The number of ketones is 1. The number of amides is 1. The molecule has 0 aliphatic carbocycles. The minimum absolute atomic E-state index is 0.000287. The summed E-state index contributed by atoms with van der Waals surface area (Å²) in [6.45, 7) is 8.97. The van der Waals surface area contributed by atoms with Gasteiger partial charge in [0.25, 0.3) is 5.91 Å². The number of rotatable bonds is 5. The van der Waals surface area contributed by atoms with Crippen molar-refractivity contribution in [3.63, 3.8) is 0 Å². The Morgan fingerprint density at radius 3 is 2.26 bits per heavy atom. The number of aryl methyl sites for hydroxylation is 1. The molecule has 7 nitrogen and oxygen atoms in total. The number of piperazine rings is 1. The molecule has 27 heavy (non-hydrogen) atoms. The van der Waals surface area contributed by atoms with Crippen molar-refractivity contribution in [1.82, 2.24) is 14.9 Å². The third kappa shape index (κ3) is 4.42. The summed E-state index contributed by atoms with van der Waals surface area (Å²) in [6, 6.07) is 8.83. The molecule has 0 bridgehead atoms. The third-order valence-corrected chi connectivity index (χ3v) is 4.60. The van der Waals surface area contributed by atoms with Gasteiger partial charge in [-0.3, -0.25) is 9.59 Å². The Morgan fingerprint density at radius 1 is 1.04 bits per heavy atom. The molecule has 1 aromatic heterocycles. The van der Waals surface area contributed by atoms with Crippen LogP contribution in [-0.2, 0) is 0 Å². The average molecular weight is 367 g/mol. The Morgan fingerprint density at radius 2 is 1.67 bits per heavy atom. The van der Waals surface area contributed by atoms with E-state index in [1.807, 2.05) is 24.8 Å². The monoisotopic (exact) mass is 367 g/mol. The van der Waals surface area contributed by atoms with Crippen LogP contribution < -0.4 is 10.2 Å². The molecular weight excluding hydrogens is 342 g/mol. The van der Waals surface area contributed by atoms with Gasteiger partial charge in [0.05, 0.1) is 0 Å². The van der Waals surface area contributed by atoms with Crippen LogP contribution in [0.25, 0.3) is 0 Å². The molecule has 1 amide bonds. The van der Waals surface area contributed by atoms with Crippen molar-refractivity contribution in [1.29, 1.82) is 0 Å². The fraction of sp³-hybridized carbons (Fsp3) is 0.400. The maximum Gasteiger partial charge on any atom is 0.253 e. The van der Waals surface area contributed by atoms with Gasteiger partial charge in [0, 0.05) is 55.6 Å². The zero-order valence-electron chi connectivity index (χ0n) is 16.0. The minimum atomic E-state index is -0.00282. The molecule has 1 aliphatic rings. The van der Waals surface area contributed by atoms with Crippen molar-refractivity contribution in [3.05, 3.63) is 47.2 Å². The van der Waals surface area contributed by atoms with Gasteiger partial charge in [0.1, 0.15) is 5.82 Å². The van der Waals surface area contributed by atoms with E-state index >= 15 is 0 Å². The van der Waals surface area contributed by atoms with Crippen molar-refractivity contribution >= 4 is 23.5 Å². The van der Waals surface area contributed by atoms with Crippen LogP contribution in [0.5, 0.6) is 0 Å². The van der Waals surface area contributed by atoms with Gasteiger partial charge in [-0.1, -0.05) is 12.1 Å². The van der Waals surface area contributed by atoms with E-state index in [1.54, 1.807) is 24.3 Å². The number of anilines is 2. The largest absolute Gasteiger partial charge is 0.354 e. The molecule has 142 valence electrons. The second-order valence-corrected chi connectivity index (χ2v) is 6.63. The molecule has 0 spiro atoms. The van der Waals surface area contributed by atoms with Crippen LogP contribution in [0.15, 0.2) is 30.3 Å². The van der Waals surface area contributed by atoms with E-state index in [0.29, 0.717) is 30.2 Å². The molecule has 0 radical (unpaired) electrons. The van der Waals surface area contributed by atoms with E-state index in [-0.39, 0.29) is 11.7 Å². The Hall–Kier alpha value is -2.96. The van der Waals surface area contributed by atoms with Gasteiger partial charge in [0.15, 0.2) is 5.78 Å². The number of Topliss-reactive ketones (excluding diaryl/α,β-unsaturated/α-hetero) is 1. The highest BCUT2D eigenvalue weighted by atomic mass is 16.2. The normalized spacial score (nSPS) is 14.2. The molecule has 1 N–H and O–H groups in total. The van der Waals surface area contributed by atoms with E-state index < -0.39 is 0 Å². The summed E-state index contributed by atoms with van der Waals surface area (Å²) < 4.78 is 0. The predicted molar refractivity (Wildman–Crippen MR) is 105 cm³/mol. The first-order chi connectivity index (χ1) is 13.0. The van der Waals surface area contributed by atoms with Gasteiger partial charge in [-0.25, -0.2) is 4.98 Å². The van der Waals surface area contributed by atoms with E-state index in [2.05, 4.69) is 20.2 Å². The zero-order valence-corrected chi connectivity index (χ0v) is 16.0. The Bertz CT molecular complexity index is 827. The van der Waals surface area contributed by atoms with Crippen LogP contribution in [0.1, 0.15) is 40.3 Å². The van der Waals surface area contributed by atoms with Crippen LogP contribution >= 0.6 is 0 Å². The van der Waals surface area contributed by atoms with Gasteiger partial charge >= 0.3 is 0 Å². The maximum atomic E-state index is 12.7. The average Bonchev–Trinajstić information content (AvgIpc) is 2.67. The number of hydrogen-bond acceptors (Lipinski definition) is 6. The summed E-state index contributed by atoms with van der Waals surface area (Å²) in [5, 5.41) is 3.15. The molecular formula is C20H25N5O2. The molecule has 1 saturated heterocycles. The van der Waals surface area contributed by atoms with Crippen molar-refractivity contribution in [3.8, 4) is 0 Å². The lowest BCUT2D eigenvalue weighted by molar-refractivity contribution is 0.0746. The highest BCUT2D eigenvalue weighted by molar-refractivity contribution is 5.97. The second-order valence-electron chi connectivity index (χ2n) is 6.63. The number of nitrogens with zero attached hydrogens (tertiary/aromatic N) is 4. The Balaban J connectivity index is 1.64. The molecule has 3 rings (SSSR count). The summed E-state index contributed by atoms with van der Waals surface area (Å²) in [7, 11) is 0. The Labute approximate surface area is 159 Å². The fourth-order valence-electron chi connectivity index (χ4n) is 3.12. The molecule has 2 heterocycles. The van der Waals surface area contributed by atoms with Crippen molar-refractivity contribution in [2.75, 3.05) is 42.9 Å². The molecule has 1 aliphatic heterocycles. The quantitative estimate of drug-likeness (QED) is 0.818. The summed E-state index contributed by atoms with van der Waals surface area (Å²) >= 11 is 0. The van der Waals surface area contributed by atoms with E-state index in [1.165, 1.54) is 6.92 Å². The highest BCUT2D eigenvalue weighted by Crippen LogP contribution is 2.18. The summed E-state index contributed by atoms with van der Waals surface area (Å²) in [5.74, 6) is 1.52. The third-order valence-electron chi connectivity index (χ3n) is 4.60. The van der Waals surface area contributed by atoms with Crippen LogP contribution in [0.2, 0.25) is 0 Å². The molecule has 1 fully saturated rings. The first-order valence-corrected chi connectivity index (χ1v) is 9.22. The summed E-state index contributed by atoms with van der Waals surface area (Å²) in [5.41, 5.74) is 2.15. The van der Waals surface area contributed by atoms with Crippen LogP contribution in [0.3, 0.4) is 0 Å². The number of carbonyl (C=O) groups excluding carboxylic acids is 2. The number of nitrogens with one attached hydrogen (secondary N) is 1. The minimum Gasteiger partial charge on any atom is -0.354 e. The number of aromatic nitrogens is 2. The highest BCUT2D eigenvalue weighted by Gasteiger charge is 2.23. The zero-order chi connectivity index (χ0) is 19.4. The Kier molecular flexibility index (Phi) is 5.69. The van der Waals surface area contributed by atoms with Gasteiger partial charge in [-0.2, -0.15) is 4.98 Å². The van der Waals surface area contributed by atoms with Crippen molar-refractivity contribution in [2.24, 2.45) is 0 Å². The van der Waals surface area contributed by atoms with E-state index in [0.717, 1.165) is 31.1 Å². The maximum absolute atomic E-state index is 12.7. The summed E-state index contributed by atoms with van der Waals surface area (Å²) in [6.07, 6.45) is 0. The number of benzene rings is 1. The lowest BCUT2D eigenvalue weighted by Gasteiger charge is -2.35. The standard InChI is InChI=1S/C20H25N5O2/c1-4-21-20-22-14(2)13-18(23-20)24-9-11-25(12-10-24)19(27)17-7-5-16(6-8-17)15(3)26/h5-8,13H,4,9-12H2,1-3H3,(H,21,22,23). The molecule has 7 heteroatoms. The molecule has 0 atom stereocenters. The van der Waals surface area contributed by atoms with Crippen LogP contribution in [0, 0.1) is 6.92 Å².